The minimum atomic E-state index is -3.94. The molecule has 1 atom stereocenters. The van der Waals surface area contributed by atoms with E-state index >= 15 is 0 Å². The number of nitrogens with one attached hydrogen (secondary N) is 2. The number of carbonyl (C=O) groups is 2. The predicted molar refractivity (Wildman–Crippen MR) is 153 cm³/mol. The number of hydrogen-bond donors (Lipinski definition) is 4. The molecule has 0 aliphatic rings. The molecular formula is C28H27N5O5S2. The number of nitrogen functional groups attached to an aromatic ring is 1. The van der Waals surface area contributed by atoms with Crippen LogP contribution in [0.4, 0.5) is 0 Å². The lowest BCUT2D eigenvalue weighted by Gasteiger charge is -2.18. The van der Waals surface area contributed by atoms with Crippen LogP contribution in [0.2, 0.25) is 0 Å². The van der Waals surface area contributed by atoms with Crippen LogP contribution in [0, 0.1) is 5.41 Å². The summed E-state index contributed by atoms with van der Waals surface area (Å²) >= 11 is 1.22. The average Bonchev–Trinajstić information content (AvgIpc) is 3.43. The number of hydrogen-bond acceptors (Lipinski definition) is 8. The zero-order chi connectivity index (χ0) is 28.9. The molecule has 1 heterocycles. The highest BCUT2D eigenvalue weighted by Gasteiger charge is 2.23. The highest BCUT2D eigenvalue weighted by atomic mass is 32.2. The van der Waals surface area contributed by atoms with E-state index in [0.29, 0.717) is 33.7 Å². The first-order chi connectivity index (χ1) is 19.1. The lowest BCUT2D eigenvalue weighted by molar-refractivity contribution is 0.0520. The molecule has 3 aromatic carbocycles. The van der Waals surface area contributed by atoms with Gasteiger partial charge in [-0.05, 0) is 48.7 Å². The number of carbonyl (C=O) groups excluding carboxylic acids is 2. The summed E-state index contributed by atoms with van der Waals surface area (Å²) in [5.74, 6) is -1.03. The van der Waals surface area contributed by atoms with Crippen LogP contribution in [0.5, 0.6) is 0 Å². The van der Waals surface area contributed by atoms with Crippen molar-refractivity contribution >= 4 is 39.1 Å². The molecule has 0 aliphatic carbocycles. The Bertz CT molecular complexity index is 1670. The smallest absolute Gasteiger partial charge is 0.357 e. The molecule has 4 rings (SSSR count). The molecule has 0 bridgehead atoms. The van der Waals surface area contributed by atoms with Gasteiger partial charge in [-0.15, -0.1) is 11.3 Å². The fourth-order valence-electron chi connectivity index (χ4n) is 4.04. The van der Waals surface area contributed by atoms with E-state index in [1.54, 1.807) is 73.0 Å². The van der Waals surface area contributed by atoms with E-state index in [1.165, 1.54) is 17.4 Å². The minimum Gasteiger partial charge on any atom is -0.461 e. The normalized spacial score (nSPS) is 11.9. The number of rotatable bonds is 10. The SMILES string of the molecule is CCOC(=O)c1csc(C(Cc2cccc(C(=N)N)c2)NC(=O)c2ccc(-c3ccccc3S(N)(=O)=O)cc2)n1. The predicted octanol–water partition coefficient (Wildman–Crippen LogP) is 3.63. The number of aromatic nitrogens is 1. The van der Waals surface area contributed by atoms with Crippen LogP contribution >= 0.6 is 11.3 Å². The summed E-state index contributed by atoms with van der Waals surface area (Å²) in [6.07, 6.45) is 0.322. The van der Waals surface area contributed by atoms with E-state index in [9.17, 15) is 18.0 Å². The van der Waals surface area contributed by atoms with Crippen LogP contribution in [0.3, 0.4) is 0 Å². The molecule has 1 aromatic heterocycles. The zero-order valence-electron chi connectivity index (χ0n) is 21.5. The van der Waals surface area contributed by atoms with Crippen molar-refractivity contribution in [1.29, 1.82) is 5.41 Å². The summed E-state index contributed by atoms with van der Waals surface area (Å²) in [5, 5.41) is 18.2. The van der Waals surface area contributed by atoms with Crippen LogP contribution in [0.15, 0.2) is 83.1 Å². The summed E-state index contributed by atoms with van der Waals surface area (Å²) < 4.78 is 29.1. The third-order valence-corrected chi connectivity index (χ3v) is 7.87. The van der Waals surface area contributed by atoms with Gasteiger partial charge in [-0.3, -0.25) is 10.2 Å². The highest BCUT2D eigenvalue weighted by Crippen LogP contribution is 2.28. The Morgan fingerprint density at radius 2 is 1.77 bits per heavy atom. The third-order valence-electron chi connectivity index (χ3n) is 5.94. The van der Waals surface area contributed by atoms with Gasteiger partial charge >= 0.3 is 5.97 Å². The second-order valence-electron chi connectivity index (χ2n) is 8.75. The van der Waals surface area contributed by atoms with E-state index in [1.807, 2.05) is 6.07 Å². The monoisotopic (exact) mass is 577 g/mol. The van der Waals surface area contributed by atoms with E-state index < -0.39 is 27.9 Å². The van der Waals surface area contributed by atoms with Crippen molar-refractivity contribution in [3.8, 4) is 11.1 Å². The Balaban J connectivity index is 1.61. The van der Waals surface area contributed by atoms with Crippen molar-refractivity contribution in [2.24, 2.45) is 10.9 Å². The van der Waals surface area contributed by atoms with Crippen LogP contribution < -0.4 is 16.2 Å². The first kappa shape index (κ1) is 28.6. The van der Waals surface area contributed by atoms with Crippen molar-refractivity contribution in [1.82, 2.24) is 10.3 Å². The number of esters is 1. The second-order valence-corrected chi connectivity index (χ2v) is 11.2. The number of ether oxygens (including phenoxy) is 1. The van der Waals surface area contributed by atoms with Crippen LogP contribution in [0.25, 0.3) is 11.1 Å². The van der Waals surface area contributed by atoms with E-state index in [-0.39, 0.29) is 23.0 Å². The molecule has 4 aromatic rings. The maximum Gasteiger partial charge on any atom is 0.357 e. The summed E-state index contributed by atoms with van der Waals surface area (Å²) in [5.41, 5.74) is 8.49. The maximum atomic E-state index is 13.3. The number of primary sulfonamides is 1. The van der Waals surface area contributed by atoms with Gasteiger partial charge in [0.15, 0.2) is 5.69 Å². The van der Waals surface area contributed by atoms with Crippen molar-refractivity contribution in [3.63, 3.8) is 0 Å². The van der Waals surface area contributed by atoms with Crippen molar-refractivity contribution in [2.75, 3.05) is 6.61 Å². The Kier molecular flexibility index (Phi) is 8.73. The van der Waals surface area contributed by atoms with Gasteiger partial charge in [0.2, 0.25) is 10.0 Å². The average molecular weight is 578 g/mol. The zero-order valence-corrected chi connectivity index (χ0v) is 23.1. The van der Waals surface area contributed by atoms with Gasteiger partial charge < -0.3 is 15.8 Å². The number of benzene rings is 3. The standard InChI is InChI=1S/C28H27N5O5S2/c1-2-38-28(35)23-16-39-27(33-23)22(15-17-6-5-7-20(14-17)25(29)30)32-26(34)19-12-10-18(11-13-19)21-8-3-4-9-24(21)40(31,36)37/h3-14,16,22H,2,15H2,1H3,(H3,29,30)(H,32,34)(H2,31,36,37). The quantitative estimate of drug-likeness (QED) is 0.126. The Morgan fingerprint density at radius 3 is 2.45 bits per heavy atom. The minimum absolute atomic E-state index is 0.0127. The van der Waals surface area contributed by atoms with Gasteiger partial charge in [-0.2, -0.15) is 0 Å². The molecule has 0 saturated heterocycles. The van der Waals surface area contributed by atoms with Gasteiger partial charge in [0.25, 0.3) is 5.91 Å². The molecule has 6 N–H and O–H groups in total. The van der Waals surface area contributed by atoms with E-state index in [2.05, 4.69) is 10.3 Å². The van der Waals surface area contributed by atoms with Gasteiger partial charge in [0, 0.05) is 22.1 Å². The van der Waals surface area contributed by atoms with Crippen LogP contribution in [-0.2, 0) is 21.2 Å². The first-order valence-electron chi connectivity index (χ1n) is 12.2. The number of sulfonamides is 1. The van der Waals surface area contributed by atoms with Crippen molar-refractivity contribution in [2.45, 2.75) is 24.3 Å². The number of thiazole rings is 1. The molecule has 0 radical (unpaired) electrons. The summed E-state index contributed by atoms with van der Waals surface area (Å²) in [4.78, 5) is 29.9. The largest absolute Gasteiger partial charge is 0.461 e. The lowest BCUT2D eigenvalue weighted by atomic mass is 10.0. The summed E-state index contributed by atoms with van der Waals surface area (Å²) in [6, 6.07) is 19.3. The molecular weight excluding hydrogens is 550 g/mol. The van der Waals surface area contributed by atoms with Crippen molar-refractivity contribution in [3.05, 3.63) is 106 Å². The molecule has 0 fully saturated rings. The number of amides is 1. The lowest BCUT2D eigenvalue weighted by Crippen LogP contribution is -2.30. The first-order valence-corrected chi connectivity index (χ1v) is 14.6. The molecule has 0 aliphatic heterocycles. The topological polar surface area (TPSA) is 178 Å². The summed E-state index contributed by atoms with van der Waals surface area (Å²) in [6.45, 7) is 1.91. The third kappa shape index (κ3) is 6.78. The Morgan fingerprint density at radius 1 is 1.05 bits per heavy atom. The molecule has 0 spiro atoms. The van der Waals surface area contributed by atoms with Gasteiger partial charge in [-0.1, -0.05) is 48.5 Å². The van der Waals surface area contributed by atoms with E-state index in [4.69, 9.17) is 21.0 Å². The molecule has 10 nitrogen and oxygen atoms in total. The van der Waals surface area contributed by atoms with Crippen molar-refractivity contribution < 1.29 is 22.7 Å². The highest BCUT2D eigenvalue weighted by molar-refractivity contribution is 7.89. The molecule has 206 valence electrons. The molecule has 1 unspecified atom stereocenters. The molecule has 40 heavy (non-hydrogen) atoms. The van der Waals surface area contributed by atoms with Crippen LogP contribution in [-0.4, -0.2) is 37.7 Å². The molecule has 1 amide bonds. The van der Waals surface area contributed by atoms with E-state index in [0.717, 1.165) is 5.56 Å². The fourth-order valence-corrected chi connectivity index (χ4v) is 5.64. The maximum absolute atomic E-state index is 13.3. The van der Waals surface area contributed by atoms with Crippen LogP contribution in [0.1, 0.15) is 49.9 Å². The molecule has 12 heteroatoms. The number of amidine groups is 1. The van der Waals surface area contributed by atoms with Gasteiger partial charge in [-0.25, -0.2) is 23.3 Å². The number of nitrogens with zero attached hydrogens (tertiary/aromatic N) is 1. The molecule has 0 saturated carbocycles. The second kappa shape index (κ2) is 12.2. The van der Waals surface area contributed by atoms with Gasteiger partial charge in [0.1, 0.15) is 10.8 Å². The number of nitrogens with two attached hydrogens (primary N) is 2. The fraction of sp³-hybridized carbons (Fsp3) is 0.143. The Labute approximate surface area is 235 Å². The van der Waals surface area contributed by atoms with Gasteiger partial charge in [0.05, 0.1) is 17.5 Å². The summed E-state index contributed by atoms with van der Waals surface area (Å²) in [7, 11) is -3.94. The Hall–Kier alpha value is -4.39.